The molecule has 0 unspecified atom stereocenters. The average Bonchev–Trinajstić information content (AvgIpc) is 2.73. The maximum Gasteiger partial charge on any atom is 0.255 e. The fourth-order valence-corrected chi connectivity index (χ4v) is 2.91. The van der Waals surface area contributed by atoms with E-state index in [9.17, 15) is 14.7 Å². The Morgan fingerprint density at radius 3 is 2.62 bits per heavy atom. The molecule has 0 bridgehead atoms. The summed E-state index contributed by atoms with van der Waals surface area (Å²) in [7, 11) is 0. The summed E-state index contributed by atoms with van der Waals surface area (Å²) in [6.45, 7) is 2.41. The summed E-state index contributed by atoms with van der Waals surface area (Å²) in [5.41, 5.74) is 1.39. The van der Waals surface area contributed by atoms with Gasteiger partial charge in [0.25, 0.3) is 11.5 Å². The van der Waals surface area contributed by atoms with Gasteiger partial charge >= 0.3 is 0 Å². The van der Waals surface area contributed by atoms with Crippen molar-refractivity contribution >= 4 is 5.91 Å². The van der Waals surface area contributed by atoms with Crippen LogP contribution >= 0.6 is 0 Å². The zero-order valence-corrected chi connectivity index (χ0v) is 11.7. The Bertz CT molecular complexity index is 737. The maximum atomic E-state index is 12.5. The Balaban J connectivity index is 2.03. The molecule has 1 aromatic carbocycles. The molecule has 0 spiro atoms. The maximum absolute atomic E-state index is 12.5. The third kappa shape index (κ3) is 2.20. The molecule has 1 atom stereocenters. The summed E-state index contributed by atoms with van der Waals surface area (Å²) in [4.78, 5) is 28.1. The quantitative estimate of drug-likeness (QED) is 0.907. The number of carbonyl (C=O) groups is 1. The normalized spacial score (nSPS) is 17.1. The first-order valence-corrected chi connectivity index (χ1v) is 6.93. The Kier molecular flexibility index (Phi) is 3.25. The first-order valence-electron chi connectivity index (χ1n) is 6.93. The topological polar surface area (TPSA) is 73.4 Å². The monoisotopic (exact) mass is 284 g/mol. The van der Waals surface area contributed by atoms with Crippen molar-refractivity contribution < 1.29 is 9.90 Å². The molecule has 2 heterocycles. The van der Waals surface area contributed by atoms with Crippen LogP contribution in [0.3, 0.4) is 0 Å². The van der Waals surface area contributed by atoms with E-state index in [-0.39, 0.29) is 17.8 Å². The molecular formula is C16H16N2O3. The molecule has 5 nitrogen and oxygen atoms in total. The Morgan fingerprint density at radius 1 is 1.24 bits per heavy atom. The number of carbonyl (C=O) groups excluding carboxylic acids is 1. The summed E-state index contributed by atoms with van der Waals surface area (Å²) in [6, 6.07) is 10.7. The second kappa shape index (κ2) is 5.09. The van der Waals surface area contributed by atoms with Gasteiger partial charge in [-0.1, -0.05) is 37.3 Å². The molecule has 0 saturated heterocycles. The minimum Gasteiger partial charge on any atom is -0.494 e. The molecule has 1 aliphatic heterocycles. The lowest BCUT2D eigenvalue weighted by molar-refractivity contribution is 0.0705. The SMILES string of the molecule is CC[C@@H]1c2c(cc(=O)[nH]c2O)C(=O)N1Cc1ccccc1. The number of nitrogens with zero attached hydrogens (tertiary/aromatic N) is 1. The smallest absolute Gasteiger partial charge is 0.255 e. The lowest BCUT2D eigenvalue weighted by Crippen LogP contribution is -2.27. The van der Waals surface area contributed by atoms with Crippen LogP contribution in [0, 0.1) is 0 Å². The summed E-state index contributed by atoms with van der Waals surface area (Å²) in [6.07, 6.45) is 0.672. The number of fused-ring (bicyclic) bond motifs is 1. The number of hydrogen-bond acceptors (Lipinski definition) is 3. The number of hydrogen-bond donors (Lipinski definition) is 2. The molecule has 1 aliphatic rings. The van der Waals surface area contributed by atoms with Gasteiger partial charge < -0.3 is 10.0 Å². The molecule has 1 aromatic heterocycles. The van der Waals surface area contributed by atoms with Crippen LogP contribution in [0.4, 0.5) is 0 Å². The molecule has 2 N–H and O–H groups in total. The van der Waals surface area contributed by atoms with Crippen LogP contribution in [0.5, 0.6) is 5.88 Å². The highest BCUT2D eigenvalue weighted by Gasteiger charge is 2.38. The second-order valence-corrected chi connectivity index (χ2v) is 5.15. The lowest BCUT2D eigenvalue weighted by Gasteiger charge is -2.24. The summed E-state index contributed by atoms with van der Waals surface area (Å²) in [5.74, 6) is -0.407. The Morgan fingerprint density at radius 2 is 1.95 bits per heavy atom. The van der Waals surface area contributed by atoms with E-state index >= 15 is 0 Å². The third-order valence-electron chi connectivity index (χ3n) is 3.85. The molecule has 0 aliphatic carbocycles. The minimum atomic E-state index is -0.462. The van der Waals surface area contributed by atoms with Gasteiger partial charge in [0.15, 0.2) is 5.88 Å². The molecule has 0 radical (unpaired) electrons. The molecule has 3 rings (SSSR count). The molecule has 21 heavy (non-hydrogen) atoms. The van der Waals surface area contributed by atoms with Gasteiger partial charge in [-0.2, -0.15) is 0 Å². The molecule has 0 saturated carbocycles. The number of aromatic hydroxyl groups is 1. The molecule has 2 aromatic rings. The minimum absolute atomic E-state index is 0.201. The standard InChI is InChI=1S/C16H16N2O3/c1-2-12-14-11(8-13(19)17-15(14)20)16(21)18(12)9-10-6-4-3-5-7-10/h3-8,12H,2,9H2,1H3,(H2,17,19,20)/t12-/m1/s1. The van der Waals surface area contributed by atoms with E-state index in [0.717, 1.165) is 5.56 Å². The van der Waals surface area contributed by atoms with Gasteiger partial charge in [0.05, 0.1) is 11.6 Å². The molecule has 1 amide bonds. The Hall–Kier alpha value is -2.56. The number of rotatable bonds is 3. The number of H-pyrrole nitrogens is 1. The summed E-state index contributed by atoms with van der Waals surface area (Å²) in [5, 5.41) is 9.98. The van der Waals surface area contributed by atoms with E-state index in [4.69, 9.17) is 0 Å². The van der Waals surface area contributed by atoms with Gasteiger partial charge in [0.1, 0.15) is 0 Å². The van der Waals surface area contributed by atoms with Gasteiger partial charge in [-0.15, -0.1) is 0 Å². The van der Waals surface area contributed by atoms with E-state index in [1.54, 1.807) is 4.90 Å². The van der Waals surface area contributed by atoms with Crippen LogP contribution in [0.25, 0.3) is 0 Å². The Labute approximate surface area is 121 Å². The van der Waals surface area contributed by atoms with Crippen molar-refractivity contribution in [1.82, 2.24) is 9.88 Å². The highest BCUT2D eigenvalue weighted by Crippen LogP contribution is 2.39. The van der Waals surface area contributed by atoms with E-state index in [0.29, 0.717) is 24.1 Å². The fraction of sp³-hybridized carbons (Fsp3) is 0.250. The van der Waals surface area contributed by atoms with Crippen LogP contribution < -0.4 is 5.56 Å². The zero-order chi connectivity index (χ0) is 15.0. The zero-order valence-electron chi connectivity index (χ0n) is 11.7. The van der Waals surface area contributed by atoms with Crippen molar-refractivity contribution in [3.8, 4) is 5.88 Å². The van der Waals surface area contributed by atoms with Crippen molar-refractivity contribution in [2.45, 2.75) is 25.9 Å². The average molecular weight is 284 g/mol. The number of benzene rings is 1. The molecule has 5 heteroatoms. The van der Waals surface area contributed by atoms with Crippen LogP contribution in [-0.2, 0) is 6.54 Å². The van der Waals surface area contributed by atoms with Gasteiger partial charge in [-0.05, 0) is 12.0 Å². The van der Waals surface area contributed by atoms with Crippen molar-refractivity contribution in [2.24, 2.45) is 0 Å². The molecular weight excluding hydrogens is 268 g/mol. The third-order valence-corrected chi connectivity index (χ3v) is 3.85. The predicted molar refractivity (Wildman–Crippen MR) is 78.1 cm³/mol. The predicted octanol–water partition coefficient (Wildman–Crippen LogP) is 2.19. The summed E-state index contributed by atoms with van der Waals surface area (Å²) >= 11 is 0. The first kappa shape index (κ1) is 13.4. The number of amides is 1. The second-order valence-electron chi connectivity index (χ2n) is 5.15. The van der Waals surface area contributed by atoms with Crippen molar-refractivity contribution in [3.05, 3.63) is 63.4 Å². The van der Waals surface area contributed by atoms with Crippen LogP contribution in [-0.4, -0.2) is 20.9 Å². The molecule has 108 valence electrons. The van der Waals surface area contributed by atoms with Crippen LogP contribution in [0.15, 0.2) is 41.2 Å². The highest BCUT2D eigenvalue weighted by atomic mass is 16.3. The van der Waals surface area contributed by atoms with Crippen LogP contribution in [0.1, 0.15) is 40.9 Å². The molecule has 0 fully saturated rings. The van der Waals surface area contributed by atoms with Gasteiger partial charge in [0, 0.05) is 18.2 Å². The summed E-state index contributed by atoms with van der Waals surface area (Å²) < 4.78 is 0. The lowest BCUT2D eigenvalue weighted by atomic mass is 10.0. The van der Waals surface area contributed by atoms with E-state index in [1.807, 2.05) is 37.3 Å². The van der Waals surface area contributed by atoms with Crippen molar-refractivity contribution in [2.75, 3.05) is 0 Å². The van der Waals surface area contributed by atoms with Crippen molar-refractivity contribution in [1.29, 1.82) is 0 Å². The van der Waals surface area contributed by atoms with E-state index in [2.05, 4.69) is 4.98 Å². The number of nitrogens with one attached hydrogen (secondary N) is 1. The van der Waals surface area contributed by atoms with E-state index < -0.39 is 5.56 Å². The highest BCUT2D eigenvalue weighted by molar-refractivity contribution is 5.99. The first-order chi connectivity index (χ1) is 10.1. The van der Waals surface area contributed by atoms with Gasteiger partial charge in [-0.3, -0.25) is 14.6 Å². The largest absolute Gasteiger partial charge is 0.494 e. The number of aromatic nitrogens is 1. The van der Waals surface area contributed by atoms with Gasteiger partial charge in [-0.25, -0.2) is 0 Å². The van der Waals surface area contributed by atoms with E-state index in [1.165, 1.54) is 6.07 Å². The van der Waals surface area contributed by atoms with Crippen LogP contribution in [0.2, 0.25) is 0 Å². The fourth-order valence-electron chi connectivity index (χ4n) is 2.91. The van der Waals surface area contributed by atoms with Gasteiger partial charge in [0.2, 0.25) is 0 Å². The number of aromatic amines is 1. The van der Waals surface area contributed by atoms with Crippen molar-refractivity contribution in [3.63, 3.8) is 0 Å². The number of pyridine rings is 1.